The Morgan fingerprint density at radius 1 is 1.16 bits per heavy atom. The van der Waals surface area contributed by atoms with Crippen molar-refractivity contribution < 1.29 is 13.2 Å². The largest absolute Gasteiger partial charge is 0.324 e. The van der Waals surface area contributed by atoms with E-state index in [-0.39, 0.29) is 15.7 Å². The summed E-state index contributed by atoms with van der Waals surface area (Å²) in [6, 6.07) is 10.3. The number of nitrogens with one attached hydrogen (secondary N) is 1. The van der Waals surface area contributed by atoms with Gasteiger partial charge >= 0.3 is 0 Å². The van der Waals surface area contributed by atoms with Crippen molar-refractivity contribution in [3.8, 4) is 0 Å². The molecule has 2 aromatic carbocycles. The fraction of sp³-hybridized carbons (Fsp3) is 0.235. The SMILES string of the molecule is Cc1ccc(C)c(NC(=O)CN(c2cccc(Cl)c2Cl)S(C)(=O)=O)c1. The maximum Gasteiger partial charge on any atom is 0.245 e. The molecule has 2 rings (SSSR count). The molecule has 0 aliphatic rings. The molecule has 0 saturated carbocycles. The number of amides is 1. The molecule has 0 unspecified atom stereocenters. The van der Waals surface area contributed by atoms with Gasteiger partial charge in [0, 0.05) is 5.69 Å². The van der Waals surface area contributed by atoms with Crippen molar-refractivity contribution in [2.24, 2.45) is 0 Å². The summed E-state index contributed by atoms with van der Waals surface area (Å²) in [6.07, 6.45) is 1.01. The number of aryl methyl sites for hydroxylation is 2. The molecule has 0 fully saturated rings. The van der Waals surface area contributed by atoms with Gasteiger partial charge in [0.05, 0.1) is 22.0 Å². The van der Waals surface area contributed by atoms with E-state index in [9.17, 15) is 13.2 Å². The Kier molecular flexibility index (Phi) is 5.98. The average Bonchev–Trinajstić information content (AvgIpc) is 2.51. The normalized spacial score (nSPS) is 11.2. The van der Waals surface area contributed by atoms with Gasteiger partial charge in [0.15, 0.2) is 0 Å². The maximum absolute atomic E-state index is 12.4. The molecule has 0 spiro atoms. The second-order valence-electron chi connectivity index (χ2n) is 5.71. The molecule has 5 nitrogen and oxygen atoms in total. The van der Waals surface area contributed by atoms with Gasteiger partial charge in [-0.3, -0.25) is 9.10 Å². The zero-order chi connectivity index (χ0) is 18.8. The molecule has 0 saturated heterocycles. The smallest absolute Gasteiger partial charge is 0.245 e. The summed E-state index contributed by atoms with van der Waals surface area (Å²) in [5, 5.41) is 3.03. The van der Waals surface area contributed by atoms with E-state index in [4.69, 9.17) is 23.2 Å². The minimum atomic E-state index is -3.73. The summed E-state index contributed by atoms with van der Waals surface area (Å²) in [6.45, 7) is 3.35. The van der Waals surface area contributed by atoms with Gasteiger partial charge in [-0.25, -0.2) is 8.42 Å². The number of nitrogens with zero attached hydrogens (tertiary/aromatic N) is 1. The fourth-order valence-electron chi connectivity index (χ4n) is 2.26. The first-order chi connectivity index (χ1) is 11.6. The van der Waals surface area contributed by atoms with Gasteiger partial charge in [0.1, 0.15) is 6.54 Å². The Balaban J connectivity index is 2.30. The van der Waals surface area contributed by atoms with E-state index in [1.165, 1.54) is 6.07 Å². The van der Waals surface area contributed by atoms with Crippen LogP contribution in [0.5, 0.6) is 0 Å². The number of sulfonamides is 1. The summed E-state index contributed by atoms with van der Waals surface area (Å²) in [5.41, 5.74) is 2.66. The zero-order valence-corrected chi connectivity index (χ0v) is 16.3. The molecule has 0 aliphatic carbocycles. The van der Waals surface area contributed by atoms with E-state index in [2.05, 4.69) is 5.32 Å². The van der Waals surface area contributed by atoms with Crippen molar-refractivity contribution in [2.75, 3.05) is 22.4 Å². The van der Waals surface area contributed by atoms with Crippen LogP contribution in [-0.4, -0.2) is 27.1 Å². The minimum Gasteiger partial charge on any atom is -0.324 e. The lowest BCUT2D eigenvalue weighted by molar-refractivity contribution is -0.114. The number of rotatable bonds is 5. The lowest BCUT2D eigenvalue weighted by Gasteiger charge is -2.23. The van der Waals surface area contributed by atoms with Crippen LogP contribution in [0.2, 0.25) is 10.0 Å². The number of hydrogen-bond donors (Lipinski definition) is 1. The predicted octanol–water partition coefficient (Wildman–Crippen LogP) is 4.01. The molecule has 1 N–H and O–H groups in total. The number of halogens is 2. The summed E-state index contributed by atoms with van der Waals surface area (Å²) in [5.74, 6) is -0.477. The summed E-state index contributed by atoms with van der Waals surface area (Å²) < 4.78 is 25.2. The molecule has 2 aromatic rings. The van der Waals surface area contributed by atoms with E-state index < -0.39 is 22.5 Å². The highest BCUT2D eigenvalue weighted by Crippen LogP contribution is 2.33. The third-order valence-corrected chi connectivity index (χ3v) is 5.49. The van der Waals surface area contributed by atoms with E-state index in [1.807, 2.05) is 32.0 Å². The second kappa shape index (κ2) is 7.64. The molecule has 8 heteroatoms. The summed E-state index contributed by atoms with van der Waals surface area (Å²) in [7, 11) is -3.73. The number of hydrogen-bond acceptors (Lipinski definition) is 3. The Morgan fingerprint density at radius 2 is 1.84 bits per heavy atom. The number of anilines is 2. The standard InChI is InChI=1S/C17H18Cl2N2O3S/c1-11-7-8-12(2)14(9-11)20-16(22)10-21(25(3,23)24)15-6-4-5-13(18)17(15)19/h4-9H,10H2,1-3H3,(H,20,22). The first kappa shape index (κ1) is 19.6. The summed E-state index contributed by atoms with van der Waals surface area (Å²) >= 11 is 12.1. The minimum absolute atomic E-state index is 0.0779. The quantitative estimate of drug-likeness (QED) is 0.823. The van der Waals surface area contributed by atoms with E-state index >= 15 is 0 Å². The van der Waals surface area contributed by atoms with Gasteiger partial charge < -0.3 is 5.32 Å². The van der Waals surface area contributed by atoms with Gasteiger partial charge in [-0.1, -0.05) is 41.4 Å². The van der Waals surface area contributed by atoms with Crippen LogP contribution < -0.4 is 9.62 Å². The third kappa shape index (κ3) is 4.87. The van der Waals surface area contributed by atoms with Crippen LogP contribution in [0.3, 0.4) is 0 Å². The first-order valence-corrected chi connectivity index (χ1v) is 9.99. The van der Waals surface area contributed by atoms with Crippen LogP contribution in [0.4, 0.5) is 11.4 Å². The lowest BCUT2D eigenvalue weighted by Crippen LogP contribution is -2.37. The molecule has 0 heterocycles. The molecule has 1 amide bonds. The van der Waals surface area contributed by atoms with E-state index in [0.717, 1.165) is 21.7 Å². The molecular weight excluding hydrogens is 383 g/mol. The summed E-state index contributed by atoms with van der Waals surface area (Å²) in [4.78, 5) is 12.4. The van der Waals surface area contributed by atoms with Crippen LogP contribution in [0.25, 0.3) is 0 Å². The van der Waals surface area contributed by atoms with Crippen LogP contribution in [0.15, 0.2) is 36.4 Å². The highest BCUT2D eigenvalue weighted by atomic mass is 35.5. The van der Waals surface area contributed by atoms with Crippen LogP contribution in [0, 0.1) is 13.8 Å². The molecule has 0 aliphatic heterocycles. The highest BCUT2D eigenvalue weighted by Gasteiger charge is 2.24. The van der Waals surface area contributed by atoms with Gasteiger partial charge in [0.2, 0.25) is 15.9 Å². The number of carbonyl (C=O) groups excluding carboxylic acids is 1. The second-order valence-corrected chi connectivity index (χ2v) is 8.40. The highest BCUT2D eigenvalue weighted by molar-refractivity contribution is 7.92. The van der Waals surface area contributed by atoms with Crippen molar-refractivity contribution in [3.63, 3.8) is 0 Å². The molecule has 0 aromatic heterocycles. The van der Waals surface area contributed by atoms with Crippen LogP contribution in [-0.2, 0) is 14.8 Å². The van der Waals surface area contributed by atoms with Crippen molar-refractivity contribution >= 4 is 50.5 Å². The number of benzene rings is 2. The maximum atomic E-state index is 12.4. The van der Waals surface area contributed by atoms with Crippen molar-refractivity contribution in [3.05, 3.63) is 57.6 Å². The van der Waals surface area contributed by atoms with Gasteiger partial charge in [-0.15, -0.1) is 0 Å². The fourth-order valence-corrected chi connectivity index (χ4v) is 3.57. The first-order valence-electron chi connectivity index (χ1n) is 7.38. The third-order valence-electron chi connectivity index (χ3n) is 3.55. The molecule has 0 atom stereocenters. The van der Waals surface area contributed by atoms with E-state index in [0.29, 0.717) is 5.69 Å². The Hall–Kier alpha value is -1.76. The van der Waals surface area contributed by atoms with Gasteiger partial charge in [-0.2, -0.15) is 0 Å². The predicted molar refractivity (Wildman–Crippen MR) is 103 cm³/mol. The van der Waals surface area contributed by atoms with Gasteiger partial charge in [-0.05, 0) is 43.2 Å². The monoisotopic (exact) mass is 400 g/mol. The molecule has 134 valence electrons. The zero-order valence-electron chi connectivity index (χ0n) is 14.0. The Morgan fingerprint density at radius 3 is 2.48 bits per heavy atom. The number of carbonyl (C=O) groups is 1. The van der Waals surface area contributed by atoms with Crippen LogP contribution >= 0.6 is 23.2 Å². The molecule has 25 heavy (non-hydrogen) atoms. The molecular formula is C17H18Cl2N2O3S. The van der Waals surface area contributed by atoms with Gasteiger partial charge in [0.25, 0.3) is 0 Å². The average molecular weight is 401 g/mol. The lowest BCUT2D eigenvalue weighted by atomic mass is 10.1. The van der Waals surface area contributed by atoms with Crippen LogP contribution in [0.1, 0.15) is 11.1 Å². The van der Waals surface area contributed by atoms with Crippen molar-refractivity contribution in [2.45, 2.75) is 13.8 Å². The van der Waals surface area contributed by atoms with E-state index in [1.54, 1.807) is 12.1 Å². The Bertz CT molecular complexity index is 914. The molecule has 0 bridgehead atoms. The Labute approximate surface area is 157 Å². The van der Waals surface area contributed by atoms with Crippen molar-refractivity contribution in [1.82, 2.24) is 0 Å². The van der Waals surface area contributed by atoms with Crippen molar-refractivity contribution in [1.29, 1.82) is 0 Å². The topological polar surface area (TPSA) is 66.5 Å². The molecule has 0 radical (unpaired) electrons.